The molecule has 6 heteroatoms. The molecule has 0 atom stereocenters. The van der Waals surface area contributed by atoms with E-state index >= 15 is 0 Å². The molecule has 1 heterocycles. The van der Waals surface area contributed by atoms with Gasteiger partial charge in [0.05, 0.1) is 33.3 Å². The zero-order valence-electron chi connectivity index (χ0n) is 16.9. The summed E-state index contributed by atoms with van der Waals surface area (Å²) in [6.45, 7) is 4.28. The quantitative estimate of drug-likeness (QED) is 0.631. The Bertz CT molecular complexity index is 974. The first-order valence-corrected chi connectivity index (χ1v) is 9.17. The zero-order chi connectivity index (χ0) is 20.3. The third-order valence-corrected chi connectivity index (χ3v) is 4.77. The number of carbonyl (C=O) groups is 1. The molecule has 0 saturated carbocycles. The second-order valence-electron chi connectivity index (χ2n) is 6.88. The smallest absolute Gasteiger partial charge is 0.228 e. The van der Waals surface area contributed by atoms with E-state index < -0.39 is 0 Å². The zero-order valence-corrected chi connectivity index (χ0v) is 16.9. The van der Waals surface area contributed by atoms with Crippen molar-refractivity contribution in [2.45, 2.75) is 26.2 Å². The lowest BCUT2D eigenvalue weighted by Crippen LogP contribution is -2.14. The van der Waals surface area contributed by atoms with Crippen LogP contribution >= 0.6 is 0 Å². The van der Waals surface area contributed by atoms with E-state index in [1.54, 1.807) is 21.3 Å². The Morgan fingerprint density at radius 3 is 2.29 bits per heavy atom. The summed E-state index contributed by atoms with van der Waals surface area (Å²) in [7, 11) is 4.71. The van der Waals surface area contributed by atoms with Crippen molar-refractivity contribution >= 4 is 22.5 Å². The van der Waals surface area contributed by atoms with Crippen LogP contribution < -0.4 is 19.5 Å². The maximum atomic E-state index is 12.6. The highest BCUT2D eigenvalue weighted by molar-refractivity contribution is 5.99. The molecule has 0 aliphatic heterocycles. The van der Waals surface area contributed by atoms with E-state index in [4.69, 9.17) is 14.2 Å². The van der Waals surface area contributed by atoms with Crippen LogP contribution in [0.1, 0.15) is 30.9 Å². The van der Waals surface area contributed by atoms with Crippen LogP contribution in [0.15, 0.2) is 36.5 Å². The molecule has 3 rings (SSSR count). The molecule has 0 unspecified atom stereocenters. The predicted molar refractivity (Wildman–Crippen MR) is 111 cm³/mol. The van der Waals surface area contributed by atoms with Crippen LogP contribution in [0.4, 0.5) is 5.69 Å². The maximum Gasteiger partial charge on any atom is 0.228 e. The topological polar surface area (TPSA) is 72.6 Å². The third kappa shape index (κ3) is 3.76. The second-order valence-corrected chi connectivity index (χ2v) is 6.88. The van der Waals surface area contributed by atoms with Crippen molar-refractivity contribution in [2.75, 3.05) is 26.6 Å². The average Bonchev–Trinajstić information content (AvgIpc) is 3.08. The number of aromatic amines is 1. The molecule has 1 aromatic heterocycles. The van der Waals surface area contributed by atoms with Crippen LogP contribution in [0.25, 0.3) is 10.9 Å². The molecule has 28 heavy (non-hydrogen) atoms. The lowest BCUT2D eigenvalue weighted by molar-refractivity contribution is -0.115. The monoisotopic (exact) mass is 382 g/mol. The van der Waals surface area contributed by atoms with Crippen LogP contribution in [0.3, 0.4) is 0 Å². The highest BCUT2D eigenvalue weighted by atomic mass is 16.5. The minimum Gasteiger partial charge on any atom is -0.493 e. The van der Waals surface area contributed by atoms with E-state index in [1.807, 2.05) is 36.5 Å². The van der Waals surface area contributed by atoms with Gasteiger partial charge in [-0.3, -0.25) is 4.79 Å². The summed E-state index contributed by atoms with van der Waals surface area (Å²) in [4.78, 5) is 15.8. The summed E-state index contributed by atoms with van der Waals surface area (Å²) >= 11 is 0. The Morgan fingerprint density at radius 2 is 1.71 bits per heavy atom. The van der Waals surface area contributed by atoms with Gasteiger partial charge in [0.15, 0.2) is 11.5 Å². The Kier molecular flexibility index (Phi) is 5.78. The molecule has 0 saturated heterocycles. The van der Waals surface area contributed by atoms with E-state index in [0.717, 1.165) is 22.2 Å². The van der Waals surface area contributed by atoms with Gasteiger partial charge in [-0.15, -0.1) is 0 Å². The van der Waals surface area contributed by atoms with Crippen molar-refractivity contribution in [2.24, 2.45) is 0 Å². The number of methoxy groups -OCH3 is 3. The van der Waals surface area contributed by atoms with E-state index in [-0.39, 0.29) is 12.3 Å². The summed E-state index contributed by atoms with van der Waals surface area (Å²) in [5, 5.41) is 3.76. The summed E-state index contributed by atoms with van der Waals surface area (Å²) in [5.74, 6) is 1.96. The number of hydrogen-bond donors (Lipinski definition) is 2. The first-order valence-electron chi connectivity index (χ1n) is 9.17. The van der Waals surface area contributed by atoms with Gasteiger partial charge in [-0.2, -0.15) is 0 Å². The van der Waals surface area contributed by atoms with Gasteiger partial charge >= 0.3 is 0 Å². The van der Waals surface area contributed by atoms with E-state index in [1.165, 1.54) is 5.56 Å². The van der Waals surface area contributed by atoms with Crippen molar-refractivity contribution in [3.8, 4) is 17.2 Å². The van der Waals surface area contributed by atoms with E-state index in [0.29, 0.717) is 23.2 Å². The van der Waals surface area contributed by atoms with Crippen molar-refractivity contribution in [1.82, 2.24) is 4.98 Å². The van der Waals surface area contributed by atoms with Crippen molar-refractivity contribution in [1.29, 1.82) is 0 Å². The molecule has 0 aliphatic rings. The Balaban J connectivity index is 1.86. The predicted octanol–water partition coefficient (Wildman–Crippen LogP) is 4.50. The van der Waals surface area contributed by atoms with Gasteiger partial charge in [0.2, 0.25) is 11.7 Å². The van der Waals surface area contributed by atoms with Gasteiger partial charge in [-0.25, -0.2) is 0 Å². The molecule has 3 aromatic rings. The number of rotatable bonds is 7. The normalized spacial score (nSPS) is 10.9. The summed E-state index contributed by atoms with van der Waals surface area (Å²) < 4.78 is 16.4. The number of fused-ring (bicyclic) bond motifs is 1. The fourth-order valence-corrected chi connectivity index (χ4v) is 3.29. The second kappa shape index (κ2) is 8.25. The fourth-order valence-electron chi connectivity index (χ4n) is 3.29. The van der Waals surface area contributed by atoms with Crippen LogP contribution in [0.2, 0.25) is 0 Å². The molecule has 0 bridgehead atoms. The van der Waals surface area contributed by atoms with Crippen LogP contribution in [0.5, 0.6) is 17.2 Å². The molecule has 2 N–H and O–H groups in total. The SMILES string of the molecule is COc1cc2[nH]cc(CC(=O)Nc3ccc(C(C)C)cc3)c2c(OC)c1OC. The molecular formula is C22H26N2O4. The van der Waals surface area contributed by atoms with Crippen molar-refractivity contribution in [3.63, 3.8) is 0 Å². The summed E-state index contributed by atoms with van der Waals surface area (Å²) in [6.07, 6.45) is 2.02. The molecule has 1 amide bonds. The van der Waals surface area contributed by atoms with Crippen molar-refractivity contribution < 1.29 is 19.0 Å². The third-order valence-electron chi connectivity index (χ3n) is 4.77. The lowest BCUT2D eigenvalue weighted by Gasteiger charge is -2.14. The summed E-state index contributed by atoms with van der Waals surface area (Å²) in [6, 6.07) is 9.76. The first kappa shape index (κ1) is 19.6. The highest BCUT2D eigenvalue weighted by Gasteiger charge is 2.20. The number of ether oxygens (including phenoxy) is 3. The number of aromatic nitrogens is 1. The first-order chi connectivity index (χ1) is 13.5. The van der Waals surface area contributed by atoms with Gasteiger partial charge in [-0.05, 0) is 29.2 Å². The Hall–Kier alpha value is -3.15. The van der Waals surface area contributed by atoms with E-state index in [9.17, 15) is 4.79 Å². The molecule has 2 aromatic carbocycles. The van der Waals surface area contributed by atoms with Gasteiger partial charge in [0, 0.05) is 23.3 Å². The molecule has 0 radical (unpaired) electrons. The van der Waals surface area contributed by atoms with Gasteiger partial charge in [-0.1, -0.05) is 26.0 Å². The number of anilines is 1. The lowest BCUT2D eigenvalue weighted by atomic mass is 10.0. The molecule has 0 aliphatic carbocycles. The van der Waals surface area contributed by atoms with Crippen LogP contribution in [0, 0.1) is 0 Å². The largest absolute Gasteiger partial charge is 0.493 e. The van der Waals surface area contributed by atoms with Gasteiger partial charge < -0.3 is 24.5 Å². The maximum absolute atomic E-state index is 12.6. The van der Waals surface area contributed by atoms with Gasteiger partial charge in [0.1, 0.15) is 0 Å². The number of amides is 1. The number of hydrogen-bond acceptors (Lipinski definition) is 4. The minimum atomic E-state index is -0.102. The Morgan fingerprint density at radius 1 is 1.04 bits per heavy atom. The number of H-pyrrole nitrogens is 1. The van der Waals surface area contributed by atoms with Crippen molar-refractivity contribution in [3.05, 3.63) is 47.7 Å². The Labute approximate surface area is 164 Å². The highest BCUT2D eigenvalue weighted by Crippen LogP contribution is 2.44. The average molecular weight is 382 g/mol. The fraction of sp³-hybridized carbons (Fsp3) is 0.318. The molecular weight excluding hydrogens is 356 g/mol. The molecule has 0 fully saturated rings. The van der Waals surface area contributed by atoms with E-state index in [2.05, 4.69) is 24.1 Å². The molecule has 6 nitrogen and oxygen atoms in total. The number of nitrogens with one attached hydrogen (secondary N) is 2. The minimum absolute atomic E-state index is 0.102. The number of benzene rings is 2. The molecule has 0 spiro atoms. The summed E-state index contributed by atoms with van der Waals surface area (Å²) in [5.41, 5.74) is 3.66. The van der Waals surface area contributed by atoms with Crippen LogP contribution in [-0.4, -0.2) is 32.2 Å². The van der Waals surface area contributed by atoms with Gasteiger partial charge in [0.25, 0.3) is 0 Å². The molecule has 148 valence electrons. The van der Waals surface area contributed by atoms with Crippen LogP contribution in [-0.2, 0) is 11.2 Å². The standard InChI is InChI=1S/C22H26N2O4/c1-13(2)14-6-8-16(9-7-14)24-19(25)10-15-12-23-17-11-18(26-3)21(27-4)22(28-5)20(15)17/h6-9,11-13,23H,10H2,1-5H3,(H,24,25). The number of carbonyl (C=O) groups excluding carboxylic acids is 1.